The Balaban J connectivity index is 1.42. The highest BCUT2D eigenvalue weighted by molar-refractivity contribution is 7.72. The van der Waals surface area contributed by atoms with Gasteiger partial charge in [0, 0.05) is 76.2 Å². The second-order valence-corrected chi connectivity index (χ2v) is 9.16. The first-order valence-corrected chi connectivity index (χ1v) is 12.3. The molecule has 0 unspecified atom stereocenters. The van der Waals surface area contributed by atoms with E-state index in [0.717, 1.165) is 67.7 Å². The second-order valence-electron chi connectivity index (χ2n) is 8.21. The van der Waals surface area contributed by atoms with Crippen LogP contribution in [-0.4, -0.2) is 101 Å². The number of nitrogens with two attached hydrogens (primary N) is 1. The molecule has 0 aromatic carbocycles. The van der Waals surface area contributed by atoms with Crippen molar-refractivity contribution in [2.24, 2.45) is 0 Å². The quantitative estimate of drug-likeness (QED) is 0.440. The third-order valence-electron chi connectivity index (χ3n) is 5.91. The Hall–Kier alpha value is -2.87. The standard InChI is InChI=1S/C20H27N9O3S/c21-20-22-9-15(10-23-20)17-13-29-12-16(11-26-1-3-27(4-2-26)14-33(30)31)24-18(29)19(25-17)28-5-7-32-8-6-28/h9-10,12-13,33H,1-8,11,14H2,(H2,21,22,23). The largest absolute Gasteiger partial charge is 0.378 e. The van der Waals surface area contributed by atoms with Gasteiger partial charge in [0.1, 0.15) is 0 Å². The van der Waals surface area contributed by atoms with Crippen LogP contribution in [0.3, 0.4) is 0 Å². The molecule has 176 valence electrons. The maximum Gasteiger partial charge on any atom is 0.219 e. The van der Waals surface area contributed by atoms with Crippen molar-refractivity contribution in [2.45, 2.75) is 6.54 Å². The number of ether oxygens (including phenoxy) is 1. The number of aromatic nitrogens is 5. The van der Waals surface area contributed by atoms with Crippen LogP contribution in [0.5, 0.6) is 0 Å². The van der Waals surface area contributed by atoms with Crippen LogP contribution >= 0.6 is 0 Å². The van der Waals surface area contributed by atoms with Crippen LogP contribution in [0, 0.1) is 0 Å². The summed E-state index contributed by atoms with van der Waals surface area (Å²) in [7, 11) is -2.38. The van der Waals surface area contributed by atoms with Gasteiger partial charge in [0.15, 0.2) is 22.2 Å². The summed E-state index contributed by atoms with van der Waals surface area (Å²) in [5, 5.41) is 0. The van der Waals surface area contributed by atoms with Crippen LogP contribution in [0.1, 0.15) is 5.69 Å². The predicted octanol–water partition coefficient (Wildman–Crippen LogP) is -0.708. The van der Waals surface area contributed by atoms with Crippen molar-refractivity contribution in [1.29, 1.82) is 0 Å². The zero-order valence-electron chi connectivity index (χ0n) is 18.2. The molecule has 2 fully saturated rings. The molecule has 3 aromatic heterocycles. The van der Waals surface area contributed by atoms with Gasteiger partial charge in [0.25, 0.3) is 0 Å². The first kappa shape index (κ1) is 21.9. The molecular formula is C20H27N9O3S. The molecule has 3 aromatic rings. The summed E-state index contributed by atoms with van der Waals surface area (Å²) < 4.78 is 29.5. The molecule has 0 spiro atoms. The first-order chi connectivity index (χ1) is 16.0. The van der Waals surface area contributed by atoms with E-state index in [0.29, 0.717) is 19.8 Å². The van der Waals surface area contributed by atoms with E-state index in [2.05, 4.69) is 19.8 Å². The van der Waals surface area contributed by atoms with Crippen molar-refractivity contribution >= 4 is 28.1 Å². The monoisotopic (exact) mass is 473 g/mol. The lowest BCUT2D eigenvalue weighted by Crippen LogP contribution is -2.46. The average Bonchev–Trinajstić information content (AvgIpc) is 3.23. The van der Waals surface area contributed by atoms with Crippen LogP contribution < -0.4 is 10.6 Å². The number of nitrogens with zero attached hydrogens (tertiary/aromatic N) is 8. The van der Waals surface area contributed by atoms with Crippen molar-refractivity contribution in [1.82, 2.24) is 34.1 Å². The molecule has 0 amide bonds. The number of fused-ring (bicyclic) bond motifs is 1. The lowest BCUT2D eigenvalue weighted by atomic mass is 10.2. The lowest BCUT2D eigenvalue weighted by molar-refractivity contribution is 0.122. The maximum absolute atomic E-state index is 11.0. The number of imidazole rings is 1. The highest BCUT2D eigenvalue weighted by Crippen LogP contribution is 2.26. The summed E-state index contributed by atoms with van der Waals surface area (Å²) in [5.74, 6) is 1.16. The fourth-order valence-electron chi connectivity index (χ4n) is 4.19. The fourth-order valence-corrected chi connectivity index (χ4v) is 4.80. The van der Waals surface area contributed by atoms with Gasteiger partial charge < -0.3 is 19.8 Å². The predicted molar refractivity (Wildman–Crippen MR) is 123 cm³/mol. The van der Waals surface area contributed by atoms with Crippen LogP contribution in [-0.2, 0) is 22.0 Å². The van der Waals surface area contributed by atoms with Crippen molar-refractivity contribution in [3.8, 4) is 11.3 Å². The molecule has 0 radical (unpaired) electrons. The van der Waals surface area contributed by atoms with E-state index < -0.39 is 10.7 Å². The Morgan fingerprint density at radius 3 is 2.33 bits per heavy atom. The number of hydrogen-bond donors (Lipinski definition) is 2. The minimum Gasteiger partial charge on any atom is -0.378 e. The van der Waals surface area contributed by atoms with Crippen molar-refractivity contribution in [2.75, 3.05) is 69.0 Å². The number of thiol groups is 1. The van der Waals surface area contributed by atoms with E-state index in [4.69, 9.17) is 20.4 Å². The molecule has 5 rings (SSSR count). The molecule has 2 N–H and O–H groups in total. The SMILES string of the molecule is Nc1ncc(-c2cn3cc(CN4CCN(C[SH](=O)=O)CC4)nc3c(N3CCOCC3)n2)cn1. The number of morpholine rings is 1. The molecule has 0 bridgehead atoms. The second kappa shape index (κ2) is 9.55. The molecule has 2 saturated heterocycles. The molecule has 5 heterocycles. The van der Waals surface area contributed by atoms with Crippen LogP contribution in [0.15, 0.2) is 24.8 Å². The Bertz CT molecular complexity index is 1180. The number of rotatable bonds is 6. The van der Waals surface area contributed by atoms with Gasteiger partial charge in [-0.15, -0.1) is 0 Å². The van der Waals surface area contributed by atoms with Crippen LogP contribution in [0.25, 0.3) is 16.9 Å². The van der Waals surface area contributed by atoms with Gasteiger partial charge in [-0.2, -0.15) is 0 Å². The van der Waals surface area contributed by atoms with Gasteiger partial charge in [-0.3, -0.25) is 9.80 Å². The van der Waals surface area contributed by atoms with E-state index >= 15 is 0 Å². The van der Waals surface area contributed by atoms with E-state index in [1.807, 2.05) is 21.7 Å². The molecule has 12 nitrogen and oxygen atoms in total. The zero-order chi connectivity index (χ0) is 22.8. The zero-order valence-corrected chi connectivity index (χ0v) is 19.1. The Kier molecular flexibility index (Phi) is 6.35. The number of nitrogen functional groups attached to an aromatic ring is 1. The van der Waals surface area contributed by atoms with Gasteiger partial charge in [-0.25, -0.2) is 28.4 Å². The molecule has 2 aliphatic rings. The minimum atomic E-state index is -2.38. The Morgan fingerprint density at radius 1 is 0.939 bits per heavy atom. The molecule has 0 atom stereocenters. The van der Waals surface area contributed by atoms with Gasteiger partial charge in [0.2, 0.25) is 5.95 Å². The summed E-state index contributed by atoms with van der Waals surface area (Å²) in [6.07, 6.45) is 7.32. The normalized spacial score (nSPS) is 18.4. The van der Waals surface area contributed by atoms with E-state index in [1.54, 1.807) is 12.4 Å². The summed E-state index contributed by atoms with van der Waals surface area (Å²) in [4.78, 5) is 24.5. The smallest absolute Gasteiger partial charge is 0.219 e. The highest BCUT2D eigenvalue weighted by Gasteiger charge is 2.22. The van der Waals surface area contributed by atoms with Crippen molar-refractivity contribution < 1.29 is 13.2 Å². The summed E-state index contributed by atoms with van der Waals surface area (Å²) in [5.41, 5.74) is 8.92. The third kappa shape index (κ3) is 5.05. The average molecular weight is 474 g/mol. The molecule has 0 aliphatic carbocycles. The minimum absolute atomic E-state index is 0.129. The summed E-state index contributed by atoms with van der Waals surface area (Å²) in [6.45, 7) is 6.57. The Morgan fingerprint density at radius 2 is 1.64 bits per heavy atom. The van der Waals surface area contributed by atoms with Crippen LogP contribution in [0.2, 0.25) is 0 Å². The third-order valence-corrected chi connectivity index (χ3v) is 6.55. The topological polar surface area (TPSA) is 135 Å². The lowest BCUT2D eigenvalue weighted by Gasteiger charge is -2.32. The molecule has 0 saturated carbocycles. The Labute approximate surface area is 193 Å². The molecule has 2 aliphatic heterocycles. The van der Waals surface area contributed by atoms with E-state index in [-0.39, 0.29) is 11.8 Å². The van der Waals surface area contributed by atoms with E-state index in [9.17, 15) is 8.42 Å². The van der Waals surface area contributed by atoms with Crippen molar-refractivity contribution in [3.63, 3.8) is 0 Å². The maximum atomic E-state index is 11.0. The number of piperazine rings is 1. The highest BCUT2D eigenvalue weighted by atomic mass is 32.2. The van der Waals surface area contributed by atoms with Crippen LogP contribution in [0.4, 0.5) is 11.8 Å². The molecule has 33 heavy (non-hydrogen) atoms. The van der Waals surface area contributed by atoms with Gasteiger partial charge in [0.05, 0.1) is 30.5 Å². The van der Waals surface area contributed by atoms with Gasteiger partial charge in [-0.1, -0.05) is 0 Å². The number of anilines is 2. The van der Waals surface area contributed by atoms with Gasteiger partial charge >= 0.3 is 0 Å². The van der Waals surface area contributed by atoms with Crippen molar-refractivity contribution in [3.05, 3.63) is 30.5 Å². The fraction of sp³-hybridized carbons (Fsp3) is 0.500. The molecular weight excluding hydrogens is 446 g/mol. The van der Waals surface area contributed by atoms with E-state index in [1.165, 1.54) is 0 Å². The summed E-state index contributed by atoms with van der Waals surface area (Å²) >= 11 is 0. The number of hydrogen-bond acceptors (Lipinski definition) is 11. The summed E-state index contributed by atoms with van der Waals surface area (Å²) in [6, 6.07) is 0. The first-order valence-electron chi connectivity index (χ1n) is 10.9. The van der Waals surface area contributed by atoms with Gasteiger partial charge in [-0.05, 0) is 0 Å². The molecule has 13 heteroatoms.